The first-order valence-electron chi connectivity index (χ1n) is 7.42. The molecule has 0 unspecified atom stereocenters. The molecule has 1 aromatic rings. The number of morpholine rings is 1. The highest BCUT2D eigenvalue weighted by Crippen LogP contribution is 2.41. The summed E-state index contributed by atoms with van der Waals surface area (Å²) in [5.41, 5.74) is 5.12. The van der Waals surface area contributed by atoms with Crippen LogP contribution in [0.5, 0.6) is 5.88 Å². The summed E-state index contributed by atoms with van der Waals surface area (Å²) in [6.45, 7) is 2.25. The number of rotatable bonds is 3. The summed E-state index contributed by atoms with van der Waals surface area (Å²) in [5.74, 6) is 0.892. The maximum atomic E-state index is 11.4. The number of primary amides is 1. The molecule has 0 radical (unpaired) electrons. The Morgan fingerprint density at radius 2 is 2.48 bits per heavy atom. The molecule has 1 aromatic heterocycles. The molecule has 2 amide bonds. The van der Waals surface area contributed by atoms with E-state index in [-0.39, 0.29) is 17.6 Å². The summed E-state index contributed by atoms with van der Waals surface area (Å²) in [5, 5.41) is 0. The first-order valence-corrected chi connectivity index (χ1v) is 7.42. The number of hydrogen-bond acceptors (Lipinski definition) is 4. The van der Waals surface area contributed by atoms with Gasteiger partial charge in [0.25, 0.3) is 0 Å². The van der Waals surface area contributed by atoms with Crippen LogP contribution in [0.1, 0.15) is 19.3 Å². The first-order chi connectivity index (χ1) is 10.2. The van der Waals surface area contributed by atoms with E-state index in [4.69, 9.17) is 15.2 Å². The quantitative estimate of drug-likeness (QED) is 0.913. The minimum absolute atomic E-state index is 0.265. The molecular weight excluding hydrogens is 270 g/mol. The van der Waals surface area contributed by atoms with Crippen LogP contribution >= 0.6 is 0 Å². The van der Waals surface area contributed by atoms with Gasteiger partial charge in [-0.15, -0.1) is 0 Å². The molecule has 1 saturated heterocycles. The van der Waals surface area contributed by atoms with Crippen LogP contribution in [0, 0.1) is 5.92 Å². The number of ether oxygens (including phenoxy) is 2. The maximum Gasteiger partial charge on any atom is 0.314 e. The lowest BCUT2D eigenvalue weighted by Gasteiger charge is -2.43. The van der Waals surface area contributed by atoms with Gasteiger partial charge in [0.05, 0.1) is 25.4 Å². The molecular formula is C15H21N3O3. The normalized spacial score (nSPS) is 28.8. The minimum Gasteiger partial charge on any atom is -0.477 e. The minimum atomic E-state index is -0.367. The average molecular weight is 291 g/mol. The summed E-state index contributed by atoms with van der Waals surface area (Å²) in [7, 11) is 0. The van der Waals surface area contributed by atoms with Gasteiger partial charge < -0.3 is 20.1 Å². The predicted molar refractivity (Wildman–Crippen MR) is 76.9 cm³/mol. The molecule has 2 N–H and O–H groups in total. The zero-order valence-corrected chi connectivity index (χ0v) is 12.0. The third-order valence-electron chi connectivity index (χ3n) is 4.49. The van der Waals surface area contributed by atoms with Crippen molar-refractivity contribution in [3.63, 3.8) is 0 Å². The molecule has 6 heteroatoms. The third kappa shape index (κ3) is 2.95. The van der Waals surface area contributed by atoms with Crippen molar-refractivity contribution >= 4 is 6.03 Å². The van der Waals surface area contributed by atoms with Crippen molar-refractivity contribution in [2.75, 3.05) is 26.3 Å². The fourth-order valence-electron chi connectivity index (χ4n) is 3.36. The molecule has 0 aromatic carbocycles. The lowest BCUT2D eigenvalue weighted by molar-refractivity contribution is -0.125. The Hall–Kier alpha value is -1.82. The van der Waals surface area contributed by atoms with Gasteiger partial charge in [0, 0.05) is 24.7 Å². The van der Waals surface area contributed by atoms with E-state index < -0.39 is 0 Å². The fraction of sp³-hybridized carbons (Fsp3) is 0.600. The van der Waals surface area contributed by atoms with E-state index in [0.717, 1.165) is 19.3 Å². The van der Waals surface area contributed by atoms with E-state index in [1.165, 1.54) is 0 Å². The van der Waals surface area contributed by atoms with Crippen molar-refractivity contribution in [2.45, 2.75) is 24.9 Å². The number of carbonyl (C=O) groups is 1. The number of nitrogens with two attached hydrogens (primary N) is 1. The Balaban J connectivity index is 1.65. The molecule has 1 aliphatic heterocycles. The van der Waals surface area contributed by atoms with Gasteiger partial charge in [-0.25, -0.2) is 9.78 Å². The molecule has 2 fully saturated rings. The van der Waals surface area contributed by atoms with Crippen molar-refractivity contribution in [3.05, 3.63) is 24.4 Å². The van der Waals surface area contributed by atoms with Crippen molar-refractivity contribution in [1.29, 1.82) is 0 Å². The highest BCUT2D eigenvalue weighted by molar-refractivity contribution is 5.72. The second kappa shape index (κ2) is 5.89. The second-order valence-corrected chi connectivity index (χ2v) is 5.74. The molecule has 2 aliphatic rings. The van der Waals surface area contributed by atoms with Crippen LogP contribution in [0.3, 0.4) is 0 Å². The predicted octanol–water partition coefficient (Wildman–Crippen LogP) is 1.41. The number of pyridine rings is 1. The standard InChI is InChI=1S/C15H21N3O3/c16-14(19)18-8-9-21-15(11-18)6-3-4-12(15)10-20-13-5-1-2-7-17-13/h1-2,5,7,12H,3-4,6,8-11H2,(H2,16,19)/t12-,15+/m0/s1. The molecule has 21 heavy (non-hydrogen) atoms. The highest BCUT2D eigenvalue weighted by Gasteiger charge is 2.48. The van der Waals surface area contributed by atoms with Crippen LogP contribution in [-0.4, -0.2) is 47.8 Å². The van der Waals surface area contributed by atoms with E-state index in [1.54, 1.807) is 11.1 Å². The second-order valence-electron chi connectivity index (χ2n) is 5.74. The van der Waals surface area contributed by atoms with Gasteiger partial charge in [0.1, 0.15) is 0 Å². The Kier molecular flexibility index (Phi) is 3.96. The van der Waals surface area contributed by atoms with E-state index in [0.29, 0.717) is 32.2 Å². The zero-order valence-electron chi connectivity index (χ0n) is 12.0. The molecule has 2 heterocycles. The van der Waals surface area contributed by atoms with Crippen LogP contribution in [0.2, 0.25) is 0 Å². The summed E-state index contributed by atoms with van der Waals surface area (Å²) in [6, 6.07) is 5.24. The summed E-state index contributed by atoms with van der Waals surface area (Å²) < 4.78 is 11.8. The molecule has 3 rings (SSSR count). The van der Waals surface area contributed by atoms with Crippen molar-refractivity contribution in [3.8, 4) is 5.88 Å². The number of nitrogens with zero attached hydrogens (tertiary/aromatic N) is 2. The maximum absolute atomic E-state index is 11.4. The van der Waals surface area contributed by atoms with Gasteiger partial charge >= 0.3 is 6.03 Å². The number of urea groups is 1. The lowest BCUT2D eigenvalue weighted by atomic mass is 9.89. The van der Waals surface area contributed by atoms with Crippen molar-refractivity contribution in [1.82, 2.24) is 9.88 Å². The van der Waals surface area contributed by atoms with Crippen LogP contribution in [0.25, 0.3) is 0 Å². The molecule has 114 valence electrons. The number of amides is 2. The fourth-order valence-corrected chi connectivity index (χ4v) is 3.36. The smallest absolute Gasteiger partial charge is 0.314 e. The molecule has 1 spiro atoms. The Labute approximate surface area is 124 Å². The van der Waals surface area contributed by atoms with E-state index >= 15 is 0 Å². The van der Waals surface area contributed by atoms with Crippen LogP contribution in [0.4, 0.5) is 4.79 Å². The van der Waals surface area contributed by atoms with Gasteiger partial charge in [-0.1, -0.05) is 6.07 Å². The third-order valence-corrected chi connectivity index (χ3v) is 4.49. The van der Waals surface area contributed by atoms with Gasteiger partial charge in [-0.3, -0.25) is 0 Å². The van der Waals surface area contributed by atoms with E-state index in [9.17, 15) is 4.79 Å². The molecule has 6 nitrogen and oxygen atoms in total. The SMILES string of the molecule is NC(=O)N1CCO[C@]2(CCC[C@H]2COc2ccccn2)C1. The Bertz CT molecular complexity index is 496. The van der Waals surface area contributed by atoms with E-state index in [1.807, 2.05) is 18.2 Å². The number of carbonyl (C=O) groups excluding carboxylic acids is 1. The van der Waals surface area contributed by atoms with Gasteiger partial charge in [-0.2, -0.15) is 0 Å². The zero-order chi connectivity index (χ0) is 14.7. The van der Waals surface area contributed by atoms with E-state index in [2.05, 4.69) is 4.98 Å². The monoisotopic (exact) mass is 291 g/mol. The Morgan fingerprint density at radius 1 is 1.57 bits per heavy atom. The summed E-state index contributed by atoms with van der Waals surface area (Å²) in [6.07, 6.45) is 4.79. The topological polar surface area (TPSA) is 77.7 Å². The summed E-state index contributed by atoms with van der Waals surface area (Å²) in [4.78, 5) is 17.3. The van der Waals surface area contributed by atoms with Crippen LogP contribution < -0.4 is 10.5 Å². The average Bonchev–Trinajstić information content (AvgIpc) is 2.88. The lowest BCUT2D eigenvalue weighted by Crippen LogP contribution is -2.57. The van der Waals surface area contributed by atoms with Gasteiger partial charge in [0.2, 0.25) is 5.88 Å². The van der Waals surface area contributed by atoms with Gasteiger partial charge in [-0.05, 0) is 25.3 Å². The Morgan fingerprint density at radius 3 is 3.24 bits per heavy atom. The number of hydrogen-bond donors (Lipinski definition) is 1. The molecule has 0 bridgehead atoms. The number of aromatic nitrogens is 1. The highest BCUT2D eigenvalue weighted by atomic mass is 16.5. The van der Waals surface area contributed by atoms with Crippen molar-refractivity contribution in [2.24, 2.45) is 11.7 Å². The molecule has 1 saturated carbocycles. The first kappa shape index (κ1) is 14.1. The van der Waals surface area contributed by atoms with Crippen molar-refractivity contribution < 1.29 is 14.3 Å². The van der Waals surface area contributed by atoms with Crippen LogP contribution in [-0.2, 0) is 4.74 Å². The summed E-state index contributed by atoms with van der Waals surface area (Å²) >= 11 is 0. The molecule has 1 aliphatic carbocycles. The largest absolute Gasteiger partial charge is 0.477 e. The van der Waals surface area contributed by atoms with Crippen LogP contribution in [0.15, 0.2) is 24.4 Å². The van der Waals surface area contributed by atoms with Gasteiger partial charge in [0.15, 0.2) is 0 Å². The molecule has 2 atom stereocenters.